The van der Waals surface area contributed by atoms with Crippen LogP contribution in [0, 0.1) is 0 Å². The van der Waals surface area contributed by atoms with E-state index in [1.54, 1.807) is 0 Å². The Kier molecular flexibility index (Phi) is 10.2. The van der Waals surface area contributed by atoms with E-state index >= 15 is 0 Å². The van der Waals surface area contributed by atoms with Gasteiger partial charge in [0.15, 0.2) is 0 Å². The van der Waals surface area contributed by atoms with Gasteiger partial charge < -0.3 is 9.13 Å². The number of benzene rings is 2. The molecule has 0 aliphatic carbocycles. The lowest BCUT2D eigenvalue weighted by molar-refractivity contribution is -0.658. The van der Waals surface area contributed by atoms with Crippen LogP contribution in [0.4, 0.5) is 0 Å². The van der Waals surface area contributed by atoms with Crippen molar-refractivity contribution in [1.82, 2.24) is 29.1 Å². The normalized spacial score (nSPS) is 11.8. The monoisotopic (exact) mass is 652 g/mol. The Balaban J connectivity index is 0.970. The highest BCUT2D eigenvalue weighted by molar-refractivity contribution is 5.76. The minimum Gasteiger partial charge on any atom is -0.315 e. The minimum atomic E-state index is -0.615. The Labute approximate surface area is 277 Å². The topological polar surface area (TPSA) is 143 Å². The second kappa shape index (κ2) is 14.8. The number of aromatic nitrogens is 8. The summed E-state index contributed by atoms with van der Waals surface area (Å²) in [7, 11) is 0. The summed E-state index contributed by atoms with van der Waals surface area (Å²) in [5.41, 5.74) is 2.70. The fourth-order valence-corrected chi connectivity index (χ4v) is 7.11. The van der Waals surface area contributed by atoms with Crippen molar-refractivity contribution >= 4 is 22.1 Å². The standard InChI is InChI=1S/C36H42N8O4/c1-3-41-25-19-13-15-21-27(25)43(31-29(41)33(45)39-35(47)37-31)23-17-11-9-7-5-6-8-10-12-18-24-44-28-22-16-14-20-26(28)42(4-2)30-32(44)38-36(48)40-34(30)46/h13-16,19-22H,3-12,17-18,23-24H2,1-2H3/p+2. The number of fused-ring (bicyclic) bond motifs is 4. The Bertz CT molecular complexity index is 2070. The van der Waals surface area contributed by atoms with Gasteiger partial charge in [0.1, 0.15) is 24.1 Å². The molecule has 0 fully saturated rings. The van der Waals surface area contributed by atoms with Crippen molar-refractivity contribution in [2.24, 2.45) is 0 Å². The summed E-state index contributed by atoms with van der Waals surface area (Å²) in [4.78, 5) is 63.0. The molecule has 2 aromatic carbocycles. The van der Waals surface area contributed by atoms with Crippen molar-refractivity contribution < 1.29 is 9.13 Å². The van der Waals surface area contributed by atoms with Crippen LogP contribution < -0.4 is 31.6 Å². The van der Waals surface area contributed by atoms with Crippen LogP contribution in [0.2, 0.25) is 0 Å². The molecule has 48 heavy (non-hydrogen) atoms. The Morgan fingerprint density at radius 3 is 1.27 bits per heavy atom. The van der Waals surface area contributed by atoms with Crippen molar-refractivity contribution in [2.45, 2.75) is 104 Å². The molecule has 4 heterocycles. The van der Waals surface area contributed by atoms with Crippen LogP contribution in [0.15, 0.2) is 67.7 Å². The number of aryl methyl sites for hydroxylation is 4. The zero-order valence-electron chi connectivity index (χ0n) is 27.8. The number of aromatic amines is 2. The Morgan fingerprint density at radius 2 is 0.896 bits per heavy atom. The van der Waals surface area contributed by atoms with Crippen LogP contribution in [-0.2, 0) is 26.2 Å². The number of nitrogens with one attached hydrogen (secondary N) is 2. The van der Waals surface area contributed by atoms with E-state index in [9.17, 15) is 19.2 Å². The number of nitrogens with zero attached hydrogens (tertiary/aromatic N) is 6. The van der Waals surface area contributed by atoms with Gasteiger partial charge in [-0.15, -0.1) is 0 Å². The second-order valence-corrected chi connectivity index (χ2v) is 12.4. The van der Waals surface area contributed by atoms with E-state index in [0.717, 1.165) is 60.6 Å². The lowest BCUT2D eigenvalue weighted by Crippen LogP contribution is -2.45. The third-order valence-electron chi connectivity index (χ3n) is 9.33. The maximum atomic E-state index is 12.8. The molecule has 0 saturated heterocycles. The van der Waals surface area contributed by atoms with Crippen molar-refractivity contribution in [1.29, 1.82) is 0 Å². The fraction of sp³-hybridized carbons (Fsp3) is 0.444. The molecule has 0 unspecified atom stereocenters. The fourth-order valence-electron chi connectivity index (χ4n) is 7.11. The third kappa shape index (κ3) is 6.56. The van der Waals surface area contributed by atoms with Crippen LogP contribution in [0.25, 0.3) is 45.1 Å². The summed E-state index contributed by atoms with van der Waals surface area (Å²) in [6, 6.07) is 16.0. The van der Waals surface area contributed by atoms with Gasteiger partial charge in [0, 0.05) is 25.2 Å². The predicted octanol–water partition coefficient (Wildman–Crippen LogP) is 3.91. The summed E-state index contributed by atoms with van der Waals surface area (Å²) in [6.45, 7) is 6.57. The summed E-state index contributed by atoms with van der Waals surface area (Å²) in [6.07, 6.45) is 11.0. The van der Waals surface area contributed by atoms with Gasteiger partial charge in [-0.1, -0.05) is 75.6 Å². The molecule has 6 rings (SSSR count). The van der Waals surface area contributed by atoms with Crippen molar-refractivity contribution in [2.75, 3.05) is 0 Å². The summed E-state index contributed by atoms with van der Waals surface area (Å²) in [5, 5.41) is 0. The largest absolute Gasteiger partial charge is 0.350 e. The van der Waals surface area contributed by atoms with Crippen molar-refractivity contribution in [3.05, 3.63) is 90.2 Å². The van der Waals surface area contributed by atoms with E-state index in [2.05, 4.69) is 19.9 Å². The summed E-state index contributed by atoms with van der Waals surface area (Å²) < 4.78 is 7.92. The van der Waals surface area contributed by atoms with Gasteiger partial charge in [0.05, 0.1) is 0 Å². The number of unbranched alkanes of at least 4 members (excludes halogenated alkanes) is 9. The zero-order valence-corrected chi connectivity index (χ0v) is 27.8. The predicted molar refractivity (Wildman–Crippen MR) is 184 cm³/mol. The van der Waals surface area contributed by atoms with Crippen LogP contribution in [0.5, 0.6) is 0 Å². The van der Waals surface area contributed by atoms with Crippen LogP contribution in [0.3, 0.4) is 0 Å². The highest BCUT2D eigenvalue weighted by Crippen LogP contribution is 2.22. The van der Waals surface area contributed by atoms with E-state index in [-0.39, 0.29) is 0 Å². The summed E-state index contributed by atoms with van der Waals surface area (Å²) >= 11 is 0. The average Bonchev–Trinajstić information content (AvgIpc) is 3.08. The van der Waals surface area contributed by atoms with E-state index in [1.807, 2.05) is 80.6 Å². The molecular weight excluding hydrogens is 608 g/mol. The lowest BCUT2D eigenvalue weighted by atomic mass is 10.1. The highest BCUT2D eigenvalue weighted by atomic mass is 16.2. The first-order valence-corrected chi connectivity index (χ1v) is 17.3. The first kappa shape index (κ1) is 32.9. The molecular formula is C36H44N8O4+2. The Morgan fingerprint density at radius 1 is 0.542 bits per heavy atom. The van der Waals surface area contributed by atoms with E-state index < -0.39 is 22.5 Å². The highest BCUT2D eigenvalue weighted by Gasteiger charge is 2.30. The minimum absolute atomic E-state index is 0.400. The van der Waals surface area contributed by atoms with Crippen molar-refractivity contribution in [3.63, 3.8) is 0 Å². The summed E-state index contributed by atoms with van der Waals surface area (Å²) in [5.74, 6) is 0.891. The van der Waals surface area contributed by atoms with Crippen molar-refractivity contribution in [3.8, 4) is 23.0 Å². The first-order valence-electron chi connectivity index (χ1n) is 17.3. The number of H-pyrrole nitrogens is 2. The smallest absolute Gasteiger partial charge is 0.315 e. The van der Waals surface area contributed by atoms with Crippen LogP contribution in [-0.4, -0.2) is 29.1 Å². The van der Waals surface area contributed by atoms with E-state index in [0.29, 0.717) is 49.2 Å². The first-order chi connectivity index (χ1) is 23.4. The lowest BCUT2D eigenvalue weighted by Gasteiger charge is -2.16. The Hall–Kier alpha value is -5.00. The molecule has 2 aromatic rings. The molecule has 12 heteroatoms. The molecule has 4 aliphatic heterocycles. The van der Waals surface area contributed by atoms with Crippen LogP contribution >= 0.6 is 0 Å². The molecule has 2 N–H and O–H groups in total. The molecule has 0 radical (unpaired) electrons. The number of rotatable bonds is 15. The molecule has 0 amide bonds. The van der Waals surface area contributed by atoms with E-state index in [4.69, 9.17) is 0 Å². The molecule has 4 aliphatic rings. The maximum Gasteiger partial charge on any atom is 0.350 e. The van der Waals surface area contributed by atoms with Gasteiger partial charge in [0.2, 0.25) is 22.7 Å². The van der Waals surface area contributed by atoms with Gasteiger partial charge in [-0.05, 0) is 38.8 Å². The number of para-hydroxylation sites is 4. The molecule has 0 aromatic heterocycles. The van der Waals surface area contributed by atoms with Gasteiger partial charge in [0.25, 0.3) is 0 Å². The SMILES string of the molecule is CC[n+]1c2c(=O)[nH]c(=O)nc-2n(CCCCCCCCCCCCn2c3nc(=O)[nH]c(=O)c-3[n+](CC)c3ccccc32)c2ccccc21. The van der Waals surface area contributed by atoms with E-state index in [1.165, 1.54) is 25.7 Å². The molecule has 12 nitrogen and oxygen atoms in total. The number of hydrogen-bond donors (Lipinski definition) is 2. The van der Waals surface area contributed by atoms with Gasteiger partial charge in [-0.2, -0.15) is 19.1 Å². The van der Waals surface area contributed by atoms with Crippen LogP contribution in [0.1, 0.15) is 78.1 Å². The molecule has 0 bridgehead atoms. The molecule has 0 spiro atoms. The van der Waals surface area contributed by atoms with Gasteiger partial charge >= 0.3 is 33.9 Å². The molecule has 0 atom stereocenters. The van der Waals surface area contributed by atoms with Gasteiger partial charge in [-0.3, -0.25) is 19.6 Å². The molecule has 0 saturated carbocycles. The average molecular weight is 653 g/mol. The second-order valence-electron chi connectivity index (χ2n) is 12.4. The zero-order chi connectivity index (χ0) is 33.6. The molecule has 250 valence electrons. The quantitative estimate of drug-likeness (QED) is 0.0979. The number of hydrogen-bond acceptors (Lipinski definition) is 6. The third-order valence-corrected chi connectivity index (χ3v) is 9.33. The van der Waals surface area contributed by atoms with Gasteiger partial charge in [-0.25, -0.2) is 9.59 Å². The maximum absolute atomic E-state index is 12.8.